The van der Waals surface area contributed by atoms with Gasteiger partial charge in [-0.3, -0.25) is 0 Å². The summed E-state index contributed by atoms with van der Waals surface area (Å²) in [6, 6.07) is 0. The van der Waals surface area contributed by atoms with Crippen molar-refractivity contribution in [3.8, 4) is 0 Å². The first-order valence-corrected chi connectivity index (χ1v) is 6.24. The molecule has 0 fully saturated rings. The highest BCUT2D eigenvalue weighted by atomic mass is 32.2. The molecule has 8 nitrogen and oxygen atoms in total. The highest BCUT2D eigenvalue weighted by Crippen LogP contribution is 1.96. The van der Waals surface area contributed by atoms with Crippen molar-refractivity contribution in [1.82, 2.24) is 19.5 Å². The number of nitrogens with one attached hydrogen (secondary N) is 1. The van der Waals surface area contributed by atoms with Crippen molar-refractivity contribution in [2.24, 2.45) is 0 Å². The van der Waals surface area contributed by atoms with Crippen molar-refractivity contribution in [2.45, 2.75) is 6.54 Å². The third kappa shape index (κ3) is 3.59. The molecule has 1 aromatic heterocycles. The molecule has 0 radical (unpaired) electrons. The van der Waals surface area contributed by atoms with Gasteiger partial charge in [0.25, 0.3) is 0 Å². The fourth-order valence-electron chi connectivity index (χ4n) is 1.02. The fraction of sp³-hybridized carbons (Fsp3) is 0.571. The lowest BCUT2D eigenvalue weighted by molar-refractivity contribution is 0.0580. The molecule has 0 saturated carbocycles. The van der Waals surface area contributed by atoms with Crippen molar-refractivity contribution in [3.05, 3.63) is 12.2 Å². The van der Waals surface area contributed by atoms with Gasteiger partial charge in [-0.1, -0.05) is 0 Å². The second-order valence-electron chi connectivity index (χ2n) is 3.01. The predicted octanol–water partition coefficient (Wildman–Crippen LogP) is -1.39. The molecular weight excluding hydrogens is 236 g/mol. The molecule has 1 aromatic rings. The molecule has 9 heteroatoms. The van der Waals surface area contributed by atoms with E-state index >= 15 is 0 Å². The molecule has 0 amide bonds. The van der Waals surface area contributed by atoms with Gasteiger partial charge in [-0.25, -0.2) is 17.9 Å². The van der Waals surface area contributed by atoms with Gasteiger partial charge in [0.15, 0.2) is 0 Å². The van der Waals surface area contributed by atoms with Crippen molar-refractivity contribution in [1.29, 1.82) is 0 Å². The Morgan fingerprint density at radius 3 is 2.88 bits per heavy atom. The Hall–Kier alpha value is -1.48. The molecular formula is C7H12N4O4S. The van der Waals surface area contributed by atoms with Crippen molar-refractivity contribution in [3.63, 3.8) is 0 Å². The topological polar surface area (TPSA) is 103 Å². The minimum atomic E-state index is -3.24. The van der Waals surface area contributed by atoms with Gasteiger partial charge in [0.1, 0.15) is 6.33 Å². The second kappa shape index (κ2) is 5.03. The Labute approximate surface area is 92.7 Å². The molecule has 1 rings (SSSR count). The Kier molecular flexibility index (Phi) is 3.96. The summed E-state index contributed by atoms with van der Waals surface area (Å²) in [6.45, 7) is 0.408. The van der Waals surface area contributed by atoms with Crippen LogP contribution in [0.15, 0.2) is 6.33 Å². The number of rotatable bonds is 5. The van der Waals surface area contributed by atoms with Crippen LogP contribution in [0, 0.1) is 0 Å². The average Bonchev–Trinajstić information content (AvgIpc) is 2.63. The molecule has 0 bridgehead atoms. The van der Waals surface area contributed by atoms with Gasteiger partial charge in [0.2, 0.25) is 15.8 Å². The minimum Gasteiger partial charge on any atom is -0.463 e. The Morgan fingerprint density at radius 1 is 1.62 bits per heavy atom. The van der Waals surface area contributed by atoms with Crippen LogP contribution in [-0.4, -0.2) is 49.1 Å². The van der Waals surface area contributed by atoms with E-state index in [4.69, 9.17) is 0 Å². The molecule has 0 unspecified atom stereocenters. The van der Waals surface area contributed by atoms with Crippen LogP contribution in [0.4, 0.5) is 0 Å². The molecule has 90 valence electrons. The maximum absolute atomic E-state index is 11.2. The number of aromatic nitrogens is 3. The van der Waals surface area contributed by atoms with Crippen LogP contribution in [0.25, 0.3) is 0 Å². The summed E-state index contributed by atoms with van der Waals surface area (Å²) in [5, 5.41) is 7.10. The van der Waals surface area contributed by atoms with E-state index in [1.807, 2.05) is 0 Å². The van der Waals surface area contributed by atoms with Gasteiger partial charge >= 0.3 is 5.97 Å². The normalized spacial score (nSPS) is 11.4. The van der Waals surface area contributed by atoms with Crippen LogP contribution in [0.1, 0.15) is 10.6 Å². The van der Waals surface area contributed by atoms with Gasteiger partial charge in [-0.05, 0) is 0 Å². The van der Waals surface area contributed by atoms with Crippen molar-refractivity contribution in [2.75, 3.05) is 19.9 Å². The Morgan fingerprint density at radius 2 is 2.31 bits per heavy atom. The van der Waals surface area contributed by atoms with Gasteiger partial charge < -0.3 is 9.30 Å². The summed E-state index contributed by atoms with van der Waals surface area (Å²) >= 11 is 0. The molecule has 1 heterocycles. The predicted molar refractivity (Wildman–Crippen MR) is 54.2 cm³/mol. The van der Waals surface area contributed by atoms with Crippen LogP contribution >= 0.6 is 0 Å². The molecule has 0 aliphatic rings. The number of nitrogens with zero attached hydrogens (tertiary/aromatic N) is 3. The molecule has 0 aromatic carbocycles. The first kappa shape index (κ1) is 12.6. The molecule has 0 aliphatic carbocycles. The van der Waals surface area contributed by atoms with Gasteiger partial charge in [0, 0.05) is 13.1 Å². The van der Waals surface area contributed by atoms with Gasteiger partial charge in [0.05, 0.1) is 13.4 Å². The van der Waals surface area contributed by atoms with E-state index in [-0.39, 0.29) is 18.9 Å². The van der Waals surface area contributed by atoms with E-state index < -0.39 is 16.0 Å². The highest BCUT2D eigenvalue weighted by molar-refractivity contribution is 7.88. The molecule has 16 heavy (non-hydrogen) atoms. The van der Waals surface area contributed by atoms with Crippen LogP contribution < -0.4 is 4.72 Å². The molecule has 0 aliphatic heterocycles. The minimum absolute atomic E-state index is 0.0396. The zero-order chi connectivity index (χ0) is 12.2. The number of sulfonamides is 1. The number of ether oxygens (including phenoxy) is 1. The number of carbonyl (C=O) groups is 1. The lowest BCUT2D eigenvalue weighted by Gasteiger charge is -2.05. The Balaban J connectivity index is 2.61. The van der Waals surface area contributed by atoms with E-state index in [1.54, 1.807) is 0 Å². The van der Waals surface area contributed by atoms with E-state index in [0.717, 1.165) is 6.26 Å². The van der Waals surface area contributed by atoms with E-state index in [1.165, 1.54) is 18.0 Å². The summed E-state index contributed by atoms with van der Waals surface area (Å²) < 4.78 is 29.8. The summed E-state index contributed by atoms with van der Waals surface area (Å²) in [7, 11) is -2.00. The number of hydrogen-bond donors (Lipinski definition) is 1. The monoisotopic (exact) mass is 248 g/mol. The summed E-state index contributed by atoms with van der Waals surface area (Å²) in [5.41, 5.74) is 0. The maximum atomic E-state index is 11.2. The Bertz CT molecular complexity index is 466. The zero-order valence-electron chi connectivity index (χ0n) is 8.87. The molecule has 1 N–H and O–H groups in total. The lowest BCUT2D eigenvalue weighted by atomic mass is 10.5. The SMILES string of the molecule is COC(=O)c1nncn1CCNS(C)(=O)=O. The summed E-state index contributed by atoms with van der Waals surface area (Å²) in [4.78, 5) is 11.2. The van der Waals surface area contributed by atoms with Crippen LogP contribution in [0.3, 0.4) is 0 Å². The van der Waals surface area contributed by atoms with E-state index in [9.17, 15) is 13.2 Å². The standard InChI is InChI=1S/C7H12N4O4S/c1-15-7(12)6-10-8-5-11(6)4-3-9-16(2,13)14/h5,9H,3-4H2,1-2H3. The van der Waals surface area contributed by atoms with Gasteiger partial charge in [-0.2, -0.15) is 0 Å². The zero-order valence-corrected chi connectivity index (χ0v) is 9.69. The average molecular weight is 248 g/mol. The number of methoxy groups -OCH3 is 1. The quantitative estimate of drug-likeness (QED) is 0.644. The summed E-state index contributed by atoms with van der Waals surface area (Å²) in [5.74, 6) is -0.574. The van der Waals surface area contributed by atoms with Gasteiger partial charge in [-0.15, -0.1) is 10.2 Å². The maximum Gasteiger partial charge on any atom is 0.376 e. The van der Waals surface area contributed by atoms with Crippen molar-refractivity contribution >= 4 is 16.0 Å². The third-order valence-corrected chi connectivity index (χ3v) is 2.43. The molecule has 0 spiro atoms. The molecule has 0 atom stereocenters. The number of carbonyl (C=O) groups excluding carboxylic acids is 1. The smallest absolute Gasteiger partial charge is 0.376 e. The number of esters is 1. The third-order valence-electron chi connectivity index (χ3n) is 1.70. The first-order chi connectivity index (χ1) is 7.44. The van der Waals surface area contributed by atoms with E-state index in [0.29, 0.717) is 0 Å². The van der Waals surface area contributed by atoms with E-state index in [2.05, 4.69) is 19.7 Å². The van der Waals surface area contributed by atoms with Crippen molar-refractivity contribution < 1.29 is 17.9 Å². The van der Waals surface area contributed by atoms with Crippen LogP contribution in [0.5, 0.6) is 0 Å². The van der Waals surface area contributed by atoms with Crippen LogP contribution in [0.2, 0.25) is 0 Å². The largest absolute Gasteiger partial charge is 0.463 e. The highest BCUT2D eigenvalue weighted by Gasteiger charge is 2.13. The summed E-state index contributed by atoms with van der Waals surface area (Å²) in [6.07, 6.45) is 2.39. The fourth-order valence-corrected chi connectivity index (χ4v) is 1.48. The first-order valence-electron chi connectivity index (χ1n) is 4.35. The number of hydrogen-bond acceptors (Lipinski definition) is 6. The second-order valence-corrected chi connectivity index (χ2v) is 4.84. The van der Waals surface area contributed by atoms with Crippen LogP contribution in [-0.2, 0) is 21.3 Å². The molecule has 0 saturated heterocycles. The lowest BCUT2D eigenvalue weighted by Crippen LogP contribution is -2.27.